The van der Waals surface area contributed by atoms with Crippen molar-refractivity contribution in [3.8, 4) is 11.8 Å². The molecule has 0 fully saturated rings. The molecular weight excluding hydrogens is 254 g/mol. The van der Waals surface area contributed by atoms with Gasteiger partial charge in [0.05, 0.1) is 0 Å². The number of nitrogens with zero attached hydrogens (tertiary/aromatic N) is 1. The summed E-state index contributed by atoms with van der Waals surface area (Å²) in [5.41, 5.74) is 2.34. The molecule has 0 aliphatic carbocycles. The Morgan fingerprint density at radius 1 is 1.40 bits per heavy atom. The molecule has 0 unspecified atom stereocenters. The van der Waals surface area contributed by atoms with E-state index in [-0.39, 0.29) is 12.5 Å². The number of carbonyl (C=O) groups is 1. The van der Waals surface area contributed by atoms with Crippen LogP contribution in [-0.4, -0.2) is 49.8 Å². The Hall–Kier alpha value is -1.83. The Morgan fingerprint density at radius 2 is 2.15 bits per heavy atom. The molecule has 0 aliphatic heterocycles. The number of hydrogen-bond donors (Lipinski definition) is 1. The SMILES string of the molecule is COCCCN(C)C(=O)c1cc(C)cc(C#CCO)c1. The van der Waals surface area contributed by atoms with E-state index >= 15 is 0 Å². The number of methoxy groups -OCH3 is 1. The van der Waals surface area contributed by atoms with Gasteiger partial charge in [0.25, 0.3) is 5.91 Å². The van der Waals surface area contributed by atoms with Crippen molar-refractivity contribution in [1.29, 1.82) is 0 Å². The lowest BCUT2D eigenvalue weighted by atomic mass is 10.1. The molecule has 1 amide bonds. The van der Waals surface area contributed by atoms with Gasteiger partial charge in [-0.15, -0.1) is 0 Å². The Bertz CT molecular complexity index is 514. The van der Waals surface area contributed by atoms with Crippen LogP contribution in [0.4, 0.5) is 0 Å². The summed E-state index contributed by atoms with van der Waals surface area (Å²) in [5.74, 6) is 5.39. The Balaban J connectivity index is 2.84. The average molecular weight is 275 g/mol. The lowest BCUT2D eigenvalue weighted by molar-refractivity contribution is 0.0779. The summed E-state index contributed by atoms with van der Waals surface area (Å²) in [6.07, 6.45) is 0.807. The molecule has 1 aromatic carbocycles. The largest absolute Gasteiger partial charge is 0.385 e. The monoisotopic (exact) mass is 275 g/mol. The maximum atomic E-state index is 12.3. The molecular formula is C16H21NO3. The smallest absolute Gasteiger partial charge is 0.253 e. The van der Waals surface area contributed by atoms with Crippen molar-refractivity contribution in [2.24, 2.45) is 0 Å². The molecule has 4 nitrogen and oxygen atoms in total. The lowest BCUT2D eigenvalue weighted by Crippen LogP contribution is -2.28. The van der Waals surface area contributed by atoms with Gasteiger partial charge in [-0.25, -0.2) is 0 Å². The zero-order chi connectivity index (χ0) is 15.0. The maximum absolute atomic E-state index is 12.3. The third kappa shape index (κ3) is 5.04. The van der Waals surface area contributed by atoms with Crippen LogP contribution in [0, 0.1) is 18.8 Å². The van der Waals surface area contributed by atoms with Crippen LogP contribution in [-0.2, 0) is 4.74 Å². The van der Waals surface area contributed by atoms with Crippen molar-refractivity contribution in [3.63, 3.8) is 0 Å². The first-order valence-electron chi connectivity index (χ1n) is 6.54. The van der Waals surface area contributed by atoms with Crippen LogP contribution in [0.3, 0.4) is 0 Å². The van der Waals surface area contributed by atoms with Crippen LogP contribution in [0.5, 0.6) is 0 Å². The average Bonchev–Trinajstić information content (AvgIpc) is 2.43. The number of ether oxygens (including phenoxy) is 1. The molecule has 0 heterocycles. The van der Waals surface area contributed by atoms with Gasteiger partial charge in [-0.2, -0.15) is 0 Å². The van der Waals surface area contributed by atoms with Crippen molar-refractivity contribution in [2.45, 2.75) is 13.3 Å². The van der Waals surface area contributed by atoms with Gasteiger partial charge >= 0.3 is 0 Å². The Morgan fingerprint density at radius 3 is 2.80 bits per heavy atom. The van der Waals surface area contributed by atoms with Crippen LogP contribution in [0.2, 0.25) is 0 Å². The predicted octanol–water partition coefficient (Wildman–Crippen LogP) is 1.45. The topological polar surface area (TPSA) is 49.8 Å². The fraction of sp³-hybridized carbons (Fsp3) is 0.438. The summed E-state index contributed by atoms with van der Waals surface area (Å²) in [5, 5.41) is 8.72. The summed E-state index contributed by atoms with van der Waals surface area (Å²) >= 11 is 0. The molecule has 1 rings (SSSR count). The van der Waals surface area contributed by atoms with E-state index < -0.39 is 0 Å². The molecule has 1 aromatic rings. The molecule has 0 atom stereocenters. The second-order valence-electron chi connectivity index (χ2n) is 4.62. The minimum atomic E-state index is -0.186. The Labute approximate surface area is 120 Å². The third-order valence-corrected chi connectivity index (χ3v) is 2.82. The number of carbonyl (C=O) groups excluding carboxylic acids is 1. The number of benzene rings is 1. The maximum Gasteiger partial charge on any atom is 0.253 e. The van der Waals surface area contributed by atoms with Crippen molar-refractivity contribution in [1.82, 2.24) is 4.90 Å². The number of aliphatic hydroxyl groups is 1. The van der Waals surface area contributed by atoms with E-state index in [4.69, 9.17) is 9.84 Å². The van der Waals surface area contributed by atoms with Crippen molar-refractivity contribution in [3.05, 3.63) is 34.9 Å². The second kappa shape index (κ2) is 8.36. The summed E-state index contributed by atoms with van der Waals surface area (Å²) < 4.78 is 4.98. The standard InChI is InChI=1S/C16H21NO3/c1-13-10-14(6-4-8-18)12-15(11-13)16(19)17(2)7-5-9-20-3/h10-12,18H,5,7-9H2,1-3H3. The van der Waals surface area contributed by atoms with Crippen molar-refractivity contribution >= 4 is 5.91 Å². The molecule has 0 aromatic heterocycles. The van der Waals surface area contributed by atoms with Gasteiger partial charge in [-0.05, 0) is 37.1 Å². The zero-order valence-corrected chi connectivity index (χ0v) is 12.3. The van der Waals surface area contributed by atoms with Crippen LogP contribution >= 0.6 is 0 Å². The molecule has 4 heteroatoms. The van der Waals surface area contributed by atoms with E-state index in [1.165, 1.54) is 0 Å². The first kappa shape index (κ1) is 16.2. The molecule has 20 heavy (non-hydrogen) atoms. The second-order valence-corrected chi connectivity index (χ2v) is 4.62. The molecule has 0 aliphatic rings. The number of amides is 1. The van der Waals surface area contributed by atoms with Crippen molar-refractivity contribution < 1.29 is 14.6 Å². The molecule has 1 N–H and O–H groups in total. The van der Waals surface area contributed by atoms with E-state index in [9.17, 15) is 4.79 Å². The van der Waals surface area contributed by atoms with E-state index in [0.717, 1.165) is 17.5 Å². The zero-order valence-electron chi connectivity index (χ0n) is 12.3. The highest BCUT2D eigenvalue weighted by Crippen LogP contribution is 2.11. The highest BCUT2D eigenvalue weighted by molar-refractivity contribution is 5.94. The molecule has 108 valence electrons. The van der Waals surface area contributed by atoms with Crippen LogP contribution in [0.1, 0.15) is 27.9 Å². The highest BCUT2D eigenvalue weighted by Gasteiger charge is 2.12. The predicted molar refractivity (Wildman–Crippen MR) is 78.6 cm³/mol. The summed E-state index contributed by atoms with van der Waals surface area (Å²) in [4.78, 5) is 14.0. The summed E-state index contributed by atoms with van der Waals surface area (Å²) in [6.45, 7) is 3.02. The van der Waals surface area contributed by atoms with Gasteiger partial charge < -0.3 is 14.7 Å². The number of hydrogen-bond acceptors (Lipinski definition) is 3. The summed E-state index contributed by atoms with van der Waals surface area (Å²) in [7, 11) is 3.42. The number of aliphatic hydroxyl groups excluding tert-OH is 1. The fourth-order valence-corrected chi connectivity index (χ4v) is 1.89. The van der Waals surface area contributed by atoms with Gasteiger partial charge in [0, 0.05) is 38.4 Å². The van der Waals surface area contributed by atoms with Crippen molar-refractivity contribution in [2.75, 3.05) is 33.9 Å². The minimum Gasteiger partial charge on any atom is -0.385 e. The quantitative estimate of drug-likeness (QED) is 0.653. The van der Waals surface area contributed by atoms with Crippen LogP contribution in [0.25, 0.3) is 0 Å². The van der Waals surface area contributed by atoms with Gasteiger partial charge in [-0.3, -0.25) is 4.79 Å². The summed E-state index contributed by atoms with van der Waals surface area (Å²) in [6, 6.07) is 5.49. The molecule has 0 spiro atoms. The van der Waals surface area contributed by atoms with Gasteiger partial charge in [0.1, 0.15) is 6.61 Å². The van der Waals surface area contributed by atoms with Gasteiger partial charge in [0.2, 0.25) is 0 Å². The normalized spacial score (nSPS) is 9.80. The van der Waals surface area contributed by atoms with E-state index in [1.54, 1.807) is 25.1 Å². The molecule has 0 radical (unpaired) electrons. The first-order chi connectivity index (χ1) is 9.58. The lowest BCUT2D eigenvalue weighted by Gasteiger charge is -2.17. The third-order valence-electron chi connectivity index (χ3n) is 2.82. The van der Waals surface area contributed by atoms with Gasteiger partial charge in [-0.1, -0.05) is 11.8 Å². The fourth-order valence-electron chi connectivity index (χ4n) is 1.89. The molecule has 0 bridgehead atoms. The number of aryl methyl sites for hydroxylation is 1. The van der Waals surface area contributed by atoms with Crippen LogP contribution in [0.15, 0.2) is 18.2 Å². The molecule has 0 saturated heterocycles. The van der Waals surface area contributed by atoms with Crippen LogP contribution < -0.4 is 0 Å². The first-order valence-corrected chi connectivity index (χ1v) is 6.54. The number of rotatable bonds is 5. The molecule has 0 saturated carbocycles. The Kier molecular flexibility index (Phi) is 6.78. The van der Waals surface area contributed by atoms with E-state index in [2.05, 4.69) is 11.8 Å². The minimum absolute atomic E-state index is 0.0307. The highest BCUT2D eigenvalue weighted by atomic mass is 16.5. The van der Waals surface area contributed by atoms with Gasteiger partial charge in [0.15, 0.2) is 0 Å². The van der Waals surface area contributed by atoms with E-state index in [0.29, 0.717) is 18.7 Å². The van der Waals surface area contributed by atoms with E-state index in [1.807, 2.05) is 19.1 Å².